The Balaban J connectivity index is 1.99. The van der Waals surface area contributed by atoms with E-state index in [1.807, 2.05) is 54.6 Å². The molecule has 28 heavy (non-hydrogen) atoms. The van der Waals surface area contributed by atoms with Crippen LogP contribution in [0.3, 0.4) is 0 Å². The fraction of sp³-hybridized carbons (Fsp3) is 0. The normalized spacial score (nSPS) is 10.4. The molecule has 0 saturated carbocycles. The molecule has 0 saturated heterocycles. The summed E-state index contributed by atoms with van der Waals surface area (Å²) in [6.45, 7) is 0. The molecular formula is C25H19N2P. The average molecular weight is 378 g/mol. The summed E-state index contributed by atoms with van der Waals surface area (Å²) in [6, 6.07) is 41.6. The molecule has 0 radical (unpaired) electrons. The third-order valence-corrected chi connectivity index (χ3v) is 6.88. The van der Waals surface area contributed by atoms with Gasteiger partial charge < -0.3 is 4.67 Å². The van der Waals surface area contributed by atoms with Crippen LogP contribution < -0.4 is 15.3 Å². The average Bonchev–Trinajstić information content (AvgIpc) is 2.79. The third kappa shape index (κ3) is 3.67. The number of nitrogens with zero attached hydrogens (tertiary/aromatic N) is 2. The van der Waals surface area contributed by atoms with Gasteiger partial charge in [-0.2, -0.15) is 5.26 Å². The summed E-state index contributed by atoms with van der Waals surface area (Å²) >= 11 is 0. The first kappa shape index (κ1) is 18.0. The van der Waals surface area contributed by atoms with Gasteiger partial charge in [0.25, 0.3) is 0 Å². The number of anilines is 2. The predicted octanol–water partition coefficient (Wildman–Crippen LogP) is 5.74. The lowest BCUT2D eigenvalue weighted by atomic mass is 10.2. The fourth-order valence-electron chi connectivity index (χ4n) is 3.20. The van der Waals surface area contributed by atoms with E-state index in [1.54, 1.807) is 0 Å². The van der Waals surface area contributed by atoms with Crippen LogP contribution in [0.25, 0.3) is 0 Å². The van der Waals surface area contributed by atoms with E-state index in [0.717, 1.165) is 11.4 Å². The van der Waals surface area contributed by atoms with Crippen LogP contribution in [-0.4, -0.2) is 0 Å². The van der Waals surface area contributed by atoms with Crippen molar-refractivity contribution in [3.63, 3.8) is 0 Å². The first-order valence-corrected chi connectivity index (χ1v) is 10.4. The van der Waals surface area contributed by atoms with Gasteiger partial charge in [-0.1, -0.05) is 91.0 Å². The summed E-state index contributed by atoms with van der Waals surface area (Å²) in [5.41, 5.74) is 2.67. The summed E-state index contributed by atoms with van der Waals surface area (Å²) < 4.78 is 2.32. The number of benzene rings is 4. The van der Waals surface area contributed by atoms with Gasteiger partial charge in [0.2, 0.25) is 0 Å². The second-order valence-electron chi connectivity index (χ2n) is 6.26. The van der Waals surface area contributed by atoms with Crippen LogP contribution in [0.5, 0.6) is 0 Å². The second kappa shape index (κ2) is 8.53. The fourth-order valence-corrected chi connectivity index (χ4v) is 5.63. The highest BCUT2D eigenvalue weighted by Crippen LogP contribution is 2.48. The van der Waals surface area contributed by atoms with Crippen LogP contribution in [-0.2, 0) is 0 Å². The number of rotatable bonds is 5. The maximum absolute atomic E-state index is 9.77. The molecule has 0 N–H and O–H groups in total. The van der Waals surface area contributed by atoms with Crippen LogP contribution in [0.4, 0.5) is 11.4 Å². The van der Waals surface area contributed by atoms with Gasteiger partial charge in [0.05, 0.1) is 19.3 Å². The lowest BCUT2D eigenvalue weighted by Crippen LogP contribution is -2.25. The Morgan fingerprint density at radius 3 is 1.57 bits per heavy atom. The molecule has 0 aliphatic heterocycles. The molecule has 0 aliphatic carbocycles. The zero-order chi connectivity index (χ0) is 19.2. The molecule has 0 fully saturated rings. The van der Waals surface area contributed by atoms with Crippen molar-refractivity contribution in [2.45, 2.75) is 0 Å². The van der Waals surface area contributed by atoms with Crippen LogP contribution in [0.1, 0.15) is 5.56 Å². The first-order chi connectivity index (χ1) is 13.9. The van der Waals surface area contributed by atoms with Crippen molar-refractivity contribution in [1.82, 2.24) is 0 Å². The van der Waals surface area contributed by atoms with Gasteiger partial charge in [0.1, 0.15) is 6.07 Å². The van der Waals surface area contributed by atoms with Crippen LogP contribution in [0.2, 0.25) is 0 Å². The Morgan fingerprint density at radius 1 is 0.571 bits per heavy atom. The summed E-state index contributed by atoms with van der Waals surface area (Å²) in [5, 5.41) is 12.2. The van der Waals surface area contributed by atoms with E-state index in [9.17, 15) is 5.26 Å². The highest BCUT2D eigenvalue weighted by molar-refractivity contribution is 7.74. The number of nitriles is 1. The molecule has 0 bridgehead atoms. The first-order valence-electron chi connectivity index (χ1n) is 9.13. The molecule has 2 nitrogen and oxygen atoms in total. The largest absolute Gasteiger partial charge is 0.310 e. The smallest absolute Gasteiger partial charge is 0.101 e. The Bertz CT molecular complexity index is 1030. The van der Waals surface area contributed by atoms with Gasteiger partial charge >= 0.3 is 0 Å². The van der Waals surface area contributed by atoms with E-state index in [1.165, 1.54) is 10.6 Å². The monoisotopic (exact) mass is 378 g/mol. The minimum Gasteiger partial charge on any atom is -0.310 e. The quantitative estimate of drug-likeness (QED) is 0.414. The summed E-state index contributed by atoms with van der Waals surface area (Å²) in [7, 11) is -0.907. The Kier molecular flexibility index (Phi) is 5.48. The van der Waals surface area contributed by atoms with E-state index in [0.29, 0.717) is 5.56 Å². The number of hydrogen-bond acceptors (Lipinski definition) is 2. The van der Waals surface area contributed by atoms with Crippen molar-refractivity contribution in [2.75, 3.05) is 4.67 Å². The van der Waals surface area contributed by atoms with E-state index in [2.05, 4.69) is 71.4 Å². The maximum Gasteiger partial charge on any atom is 0.101 e. The standard InChI is InChI=1S/C25H19N2P/c26-20-21-12-10-11-19-25(21)27(22-13-4-1-5-14-22)28(23-15-6-2-7-16-23)24-17-8-3-9-18-24/h1-19H. The Morgan fingerprint density at radius 2 is 1.04 bits per heavy atom. The number of para-hydroxylation sites is 2. The van der Waals surface area contributed by atoms with Gasteiger partial charge in [-0.15, -0.1) is 0 Å². The zero-order valence-corrected chi connectivity index (χ0v) is 16.2. The highest BCUT2D eigenvalue weighted by atomic mass is 31.1. The van der Waals surface area contributed by atoms with Crippen LogP contribution in [0.15, 0.2) is 115 Å². The maximum atomic E-state index is 9.77. The van der Waals surface area contributed by atoms with Crippen molar-refractivity contribution < 1.29 is 0 Å². The molecule has 134 valence electrons. The Hall–Kier alpha value is -3.40. The summed E-state index contributed by atoms with van der Waals surface area (Å²) in [4.78, 5) is 0. The van der Waals surface area contributed by atoms with Gasteiger partial charge in [-0.25, -0.2) is 0 Å². The molecule has 0 heterocycles. The molecule has 0 aromatic heterocycles. The van der Waals surface area contributed by atoms with Crippen molar-refractivity contribution in [3.8, 4) is 6.07 Å². The van der Waals surface area contributed by atoms with E-state index in [-0.39, 0.29) is 0 Å². The molecule has 0 unspecified atom stereocenters. The molecule has 4 rings (SSSR count). The van der Waals surface area contributed by atoms with E-state index < -0.39 is 8.07 Å². The van der Waals surface area contributed by atoms with Gasteiger partial charge in [-0.3, -0.25) is 0 Å². The lowest BCUT2D eigenvalue weighted by molar-refractivity contribution is 1.38. The van der Waals surface area contributed by atoms with E-state index in [4.69, 9.17) is 0 Å². The van der Waals surface area contributed by atoms with E-state index >= 15 is 0 Å². The summed E-state index contributed by atoms with van der Waals surface area (Å²) in [5.74, 6) is 0. The van der Waals surface area contributed by atoms with Crippen LogP contribution >= 0.6 is 8.07 Å². The summed E-state index contributed by atoms with van der Waals surface area (Å²) in [6.07, 6.45) is 0. The van der Waals surface area contributed by atoms with Crippen molar-refractivity contribution >= 4 is 30.1 Å². The molecule has 0 atom stereocenters. The highest BCUT2D eigenvalue weighted by Gasteiger charge is 2.26. The molecular weight excluding hydrogens is 359 g/mol. The van der Waals surface area contributed by atoms with Gasteiger partial charge in [-0.05, 0) is 24.3 Å². The van der Waals surface area contributed by atoms with Crippen molar-refractivity contribution in [2.24, 2.45) is 0 Å². The predicted molar refractivity (Wildman–Crippen MR) is 119 cm³/mol. The second-order valence-corrected chi connectivity index (χ2v) is 8.32. The molecule has 4 aromatic rings. The van der Waals surface area contributed by atoms with Crippen molar-refractivity contribution in [3.05, 3.63) is 121 Å². The zero-order valence-electron chi connectivity index (χ0n) is 15.3. The SMILES string of the molecule is N#Cc1ccccc1N(c1ccccc1)P(c1ccccc1)c1ccccc1. The van der Waals surface area contributed by atoms with Gasteiger partial charge in [0, 0.05) is 16.3 Å². The molecule has 0 aliphatic rings. The molecule has 0 spiro atoms. The van der Waals surface area contributed by atoms with Crippen molar-refractivity contribution in [1.29, 1.82) is 5.26 Å². The lowest BCUT2D eigenvalue weighted by Gasteiger charge is -2.35. The minimum absolute atomic E-state index is 0.672. The molecule has 4 aromatic carbocycles. The van der Waals surface area contributed by atoms with Gasteiger partial charge in [0.15, 0.2) is 0 Å². The van der Waals surface area contributed by atoms with Crippen LogP contribution in [0, 0.1) is 11.3 Å². The molecule has 0 amide bonds. The number of hydrogen-bond donors (Lipinski definition) is 0. The minimum atomic E-state index is -0.907. The molecule has 3 heteroatoms. The topological polar surface area (TPSA) is 27.0 Å². The third-order valence-electron chi connectivity index (χ3n) is 4.45. The Labute approximate surface area is 167 Å².